The number of carboxylic acid groups (broad SMARTS) is 2. The van der Waals surface area contributed by atoms with Gasteiger partial charge in [0.1, 0.15) is 0 Å². The van der Waals surface area contributed by atoms with Crippen LogP contribution in [0.5, 0.6) is 0 Å². The highest BCUT2D eigenvalue weighted by molar-refractivity contribution is 5.75. The first-order chi connectivity index (χ1) is 10.8. The Morgan fingerprint density at radius 1 is 0.870 bits per heavy atom. The lowest BCUT2D eigenvalue weighted by atomic mass is 9.68. The summed E-state index contributed by atoms with van der Waals surface area (Å²) in [5, 5.41) is 19.1. The van der Waals surface area contributed by atoms with E-state index in [2.05, 4.69) is 27.7 Å². The lowest BCUT2D eigenvalue weighted by molar-refractivity contribution is -0.153. The highest BCUT2D eigenvalue weighted by Crippen LogP contribution is 2.42. The summed E-state index contributed by atoms with van der Waals surface area (Å²) in [6.07, 6.45) is 6.12. The summed E-state index contributed by atoms with van der Waals surface area (Å²) in [4.78, 5) is 23.3. The summed E-state index contributed by atoms with van der Waals surface area (Å²) in [6, 6.07) is 0. The molecule has 0 heterocycles. The van der Waals surface area contributed by atoms with Crippen molar-refractivity contribution in [1.82, 2.24) is 0 Å². The summed E-state index contributed by atoms with van der Waals surface area (Å²) < 4.78 is 0. The van der Waals surface area contributed by atoms with Crippen LogP contribution < -0.4 is 0 Å². The Bertz CT molecular complexity index is 342. The molecule has 0 radical (unpaired) electrons. The molecule has 0 bridgehead atoms. The molecule has 0 rings (SSSR count). The summed E-state index contributed by atoms with van der Waals surface area (Å²) in [7, 11) is 0. The molecule has 4 nitrogen and oxygen atoms in total. The van der Waals surface area contributed by atoms with Gasteiger partial charge < -0.3 is 10.2 Å². The van der Waals surface area contributed by atoms with Gasteiger partial charge in [0.25, 0.3) is 0 Å². The molecule has 0 fully saturated rings. The van der Waals surface area contributed by atoms with Crippen LogP contribution in [0.25, 0.3) is 0 Å². The van der Waals surface area contributed by atoms with Crippen molar-refractivity contribution >= 4 is 11.9 Å². The SMILES string of the molecule is CCC(CC)CC(CCC(C)C(=O)O)(CC(CC)CC)C(=O)O. The van der Waals surface area contributed by atoms with Crippen molar-refractivity contribution in [2.75, 3.05) is 0 Å². The van der Waals surface area contributed by atoms with Gasteiger partial charge in [-0.3, -0.25) is 9.59 Å². The second kappa shape index (κ2) is 10.7. The minimum Gasteiger partial charge on any atom is -0.481 e. The summed E-state index contributed by atoms with van der Waals surface area (Å²) >= 11 is 0. The Morgan fingerprint density at radius 2 is 1.26 bits per heavy atom. The molecular weight excluding hydrogens is 292 g/mol. The number of carbonyl (C=O) groups is 2. The number of hydrogen-bond donors (Lipinski definition) is 2. The van der Waals surface area contributed by atoms with Crippen LogP contribution in [0, 0.1) is 23.2 Å². The van der Waals surface area contributed by atoms with Gasteiger partial charge in [-0.15, -0.1) is 0 Å². The van der Waals surface area contributed by atoms with E-state index in [1.54, 1.807) is 6.92 Å². The van der Waals surface area contributed by atoms with Gasteiger partial charge in [0.15, 0.2) is 0 Å². The third-order valence-electron chi connectivity index (χ3n) is 5.60. The van der Waals surface area contributed by atoms with Crippen molar-refractivity contribution in [1.29, 1.82) is 0 Å². The molecule has 1 atom stereocenters. The molecule has 136 valence electrons. The van der Waals surface area contributed by atoms with Gasteiger partial charge in [0.05, 0.1) is 11.3 Å². The average Bonchev–Trinajstić information content (AvgIpc) is 2.53. The lowest BCUT2D eigenvalue weighted by Gasteiger charge is -2.36. The van der Waals surface area contributed by atoms with Gasteiger partial charge in [-0.05, 0) is 37.5 Å². The van der Waals surface area contributed by atoms with Crippen LogP contribution in [0.4, 0.5) is 0 Å². The fraction of sp³-hybridized carbons (Fsp3) is 0.895. The highest BCUT2D eigenvalue weighted by atomic mass is 16.4. The number of hydrogen-bond acceptors (Lipinski definition) is 2. The molecule has 0 aromatic carbocycles. The maximum Gasteiger partial charge on any atom is 0.309 e. The average molecular weight is 328 g/mol. The zero-order valence-corrected chi connectivity index (χ0v) is 15.6. The lowest BCUT2D eigenvalue weighted by Crippen LogP contribution is -2.36. The third kappa shape index (κ3) is 6.92. The van der Waals surface area contributed by atoms with Crippen molar-refractivity contribution in [3.05, 3.63) is 0 Å². The minimum absolute atomic E-state index is 0.389. The largest absolute Gasteiger partial charge is 0.481 e. The Labute approximate surface area is 141 Å². The Balaban J connectivity index is 5.38. The fourth-order valence-corrected chi connectivity index (χ4v) is 3.45. The van der Waals surface area contributed by atoms with Crippen LogP contribution in [-0.4, -0.2) is 22.2 Å². The predicted octanol–water partition coefficient (Wildman–Crippen LogP) is 5.21. The highest BCUT2D eigenvalue weighted by Gasteiger charge is 2.41. The van der Waals surface area contributed by atoms with Gasteiger partial charge in [0, 0.05) is 0 Å². The molecule has 0 spiro atoms. The molecule has 0 aromatic rings. The summed E-state index contributed by atoms with van der Waals surface area (Å²) in [5.74, 6) is -1.29. The number of rotatable bonds is 13. The van der Waals surface area contributed by atoms with Crippen LogP contribution >= 0.6 is 0 Å². The smallest absolute Gasteiger partial charge is 0.309 e. The van der Waals surface area contributed by atoms with Crippen molar-refractivity contribution in [2.24, 2.45) is 23.2 Å². The van der Waals surface area contributed by atoms with E-state index in [0.29, 0.717) is 37.5 Å². The second-order valence-electron chi connectivity index (χ2n) is 7.14. The molecular formula is C19H36O4. The first kappa shape index (κ1) is 21.9. The molecule has 0 aliphatic carbocycles. The second-order valence-corrected chi connectivity index (χ2v) is 7.14. The topological polar surface area (TPSA) is 74.6 Å². The standard InChI is InChI=1S/C19H36O4/c1-6-15(7-2)12-19(18(22)23,13-16(8-3)9-4)11-10-14(5)17(20)21/h14-16H,6-13H2,1-5H3,(H,20,21)(H,22,23). The maximum atomic E-state index is 12.2. The molecule has 0 aliphatic rings. The molecule has 0 aromatic heterocycles. The van der Waals surface area contributed by atoms with E-state index >= 15 is 0 Å². The van der Waals surface area contributed by atoms with Gasteiger partial charge in [-0.2, -0.15) is 0 Å². The van der Waals surface area contributed by atoms with Crippen LogP contribution in [0.1, 0.15) is 86.0 Å². The fourth-order valence-electron chi connectivity index (χ4n) is 3.45. The zero-order chi connectivity index (χ0) is 18.0. The predicted molar refractivity (Wildman–Crippen MR) is 93.5 cm³/mol. The van der Waals surface area contributed by atoms with Crippen LogP contribution in [0.3, 0.4) is 0 Å². The van der Waals surface area contributed by atoms with Crippen LogP contribution in [0.2, 0.25) is 0 Å². The van der Waals surface area contributed by atoms with Gasteiger partial charge >= 0.3 is 11.9 Å². The first-order valence-corrected chi connectivity index (χ1v) is 9.22. The molecule has 23 heavy (non-hydrogen) atoms. The zero-order valence-electron chi connectivity index (χ0n) is 15.6. The molecule has 4 heteroatoms. The summed E-state index contributed by atoms with van der Waals surface area (Å²) in [6.45, 7) is 10.1. The van der Waals surface area contributed by atoms with Crippen molar-refractivity contribution < 1.29 is 19.8 Å². The molecule has 0 amide bonds. The number of carboxylic acids is 2. The molecule has 0 saturated heterocycles. The van der Waals surface area contributed by atoms with E-state index in [-0.39, 0.29) is 0 Å². The Kier molecular flexibility index (Phi) is 10.2. The monoisotopic (exact) mass is 328 g/mol. The maximum absolute atomic E-state index is 12.2. The van der Waals surface area contributed by atoms with E-state index < -0.39 is 23.3 Å². The molecule has 0 saturated carbocycles. The van der Waals surface area contributed by atoms with E-state index in [9.17, 15) is 14.7 Å². The summed E-state index contributed by atoms with van der Waals surface area (Å²) in [5.41, 5.74) is -0.781. The van der Waals surface area contributed by atoms with Crippen LogP contribution in [0.15, 0.2) is 0 Å². The third-order valence-corrected chi connectivity index (χ3v) is 5.60. The first-order valence-electron chi connectivity index (χ1n) is 9.22. The normalized spacial score (nSPS) is 13.5. The molecule has 0 aliphatic heterocycles. The van der Waals surface area contributed by atoms with Crippen molar-refractivity contribution in [3.8, 4) is 0 Å². The van der Waals surface area contributed by atoms with Crippen molar-refractivity contribution in [3.63, 3.8) is 0 Å². The van der Waals surface area contributed by atoms with Crippen LogP contribution in [-0.2, 0) is 9.59 Å². The van der Waals surface area contributed by atoms with Gasteiger partial charge in [-0.1, -0.05) is 60.3 Å². The molecule has 1 unspecified atom stereocenters. The molecule has 2 N–H and O–H groups in total. The van der Waals surface area contributed by atoms with E-state index in [4.69, 9.17) is 5.11 Å². The van der Waals surface area contributed by atoms with E-state index in [1.165, 1.54) is 0 Å². The number of aliphatic carboxylic acids is 2. The van der Waals surface area contributed by atoms with Gasteiger partial charge in [-0.25, -0.2) is 0 Å². The Morgan fingerprint density at radius 3 is 1.52 bits per heavy atom. The van der Waals surface area contributed by atoms with Crippen molar-refractivity contribution in [2.45, 2.75) is 86.0 Å². The van der Waals surface area contributed by atoms with E-state index in [0.717, 1.165) is 25.7 Å². The van der Waals surface area contributed by atoms with E-state index in [1.807, 2.05) is 0 Å². The Hall–Kier alpha value is -1.06. The quantitative estimate of drug-likeness (QED) is 0.486. The minimum atomic E-state index is -0.839. The van der Waals surface area contributed by atoms with Gasteiger partial charge in [0.2, 0.25) is 0 Å².